The van der Waals surface area contributed by atoms with Crippen molar-refractivity contribution >= 4 is 0 Å². The van der Waals surface area contributed by atoms with Gasteiger partial charge in [-0.2, -0.15) is 0 Å². The first-order valence-electron chi connectivity index (χ1n) is 3.99. The molecule has 57 valence electrons. The van der Waals surface area contributed by atoms with Crippen LogP contribution in [0.3, 0.4) is 0 Å². The Bertz CT molecular complexity index is 108. The van der Waals surface area contributed by atoms with Crippen LogP contribution in [0.25, 0.3) is 0 Å². The maximum Gasteiger partial charge on any atom is 0.0921 e. The molecule has 2 aliphatic heterocycles. The third-order valence-electron chi connectivity index (χ3n) is 2.34. The topological polar surface area (TPSA) is 18.5 Å². The summed E-state index contributed by atoms with van der Waals surface area (Å²) in [7, 11) is 0. The molecule has 2 nitrogen and oxygen atoms in total. The Morgan fingerprint density at radius 1 is 1.30 bits per heavy atom. The molecule has 0 aliphatic carbocycles. The van der Waals surface area contributed by atoms with Crippen molar-refractivity contribution in [3.63, 3.8) is 0 Å². The third kappa shape index (κ3) is 1.06. The summed E-state index contributed by atoms with van der Waals surface area (Å²) < 4.78 is 10.9. The highest BCUT2D eigenvalue weighted by Gasteiger charge is 2.37. The van der Waals surface area contributed by atoms with E-state index in [-0.39, 0.29) is 5.60 Å². The van der Waals surface area contributed by atoms with Crippen LogP contribution in [0.2, 0.25) is 0 Å². The second-order valence-corrected chi connectivity index (χ2v) is 3.16. The molecule has 0 aromatic rings. The van der Waals surface area contributed by atoms with E-state index in [0.29, 0.717) is 0 Å². The molecule has 1 radical (unpaired) electrons. The Morgan fingerprint density at radius 2 is 2.30 bits per heavy atom. The van der Waals surface area contributed by atoms with Gasteiger partial charge in [-0.1, -0.05) is 0 Å². The standard InChI is InChI=1S/C8H13O2/c1-3-8(7-9-5-1)4-2-6-10-8/h6H,1-5,7H2. The van der Waals surface area contributed by atoms with E-state index in [1.807, 2.05) is 6.61 Å². The van der Waals surface area contributed by atoms with E-state index in [2.05, 4.69) is 0 Å². The largest absolute Gasteiger partial charge is 0.378 e. The van der Waals surface area contributed by atoms with E-state index in [1.165, 1.54) is 6.42 Å². The molecular formula is C8H13O2. The molecule has 2 rings (SSSR count). The summed E-state index contributed by atoms with van der Waals surface area (Å²) in [6.45, 7) is 3.66. The Kier molecular flexibility index (Phi) is 1.66. The van der Waals surface area contributed by atoms with Gasteiger partial charge in [0.15, 0.2) is 0 Å². The minimum Gasteiger partial charge on any atom is -0.378 e. The van der Waals surface area contributed by atoms with Crippen LogP contribution in [0.1, 0.15) is 25.7 Å². The van der Waals surface area contributed by atoms with Gasteiger partial charge in [-0.05, 0) is 25.7 Å². The number of rotatable bonds is 0. The molecule has 0 bridgehead atoms. The fourth-order valence-electron chi connectivity index (χ4n) is 1.73. The average Bonchev–Trinajstić information content (AvgIpc) is 2.39. The maximum absolute atomic E-state index is 5.53. The molecule has 0 amide bonds. The smallest absolute Gasteiger partial charge is 0.0921 e. The number of hydrogen-bond donors (Lipinski definition) is 0. The van der Waals surface area contributed by atoms with E-state index in [9.17, 15) is 0 Å². The van der Waals surface area contributed by atoms with Gasteiger partial charge in [0.2, 0.25) is 0 Å². The summed E-state index contributed by atoms with van der Waals surface area (Å²) >= 11 is 0. The lowest BCUT2D eigenvalue weighted by molar-refractivity contribution is -0.0833. The van der Waals surface area contributed by atoms with Gasteiger partial charge in [0.25, 0.3) is 0 Å². The lowest BCUT2D eigenvalue weighted by Gasteiger charge is -2.31. The van der Waals surface area contributed by atoms with Crippen LogP contribution < -0.4 is 0 Å². The van der Waals surface area contributed by atoms with Crippen molar-refractivity contribution in [2.24, 2.45) is 0 Å². The number of hydrogen-bond acceptors (Lipinski definition) is 2. The van der Waals surface area contributed by atoms with Crippen LogP contribution in [-0.2, 0) is 9.47 Å². The summed E-state index contributed by atoms with van der Waals surface area (Å²) in [6, 6.07) is 0. The molecule has 2 heteroatoms. The normalized spacial score (nSPS) is 40.8. The zero-order valence-electron chi connectivity index (χ0n) is 6.14. The van der Waals surface area contributed by atoms with Crippen LogP contribution in [0.5, 0.6) is 0 Å². The van der Waals surface area contributed by atoms with Crippen LogP contribution >= 0.6 is 0 Å². The predicted molar refractivity (Wildman–Crippen MR) is 37.4 cm³/mol. The van der Waals surface area contributed by atoms with E-state index >= 15 is 0 Å². The molecule has 1 unspecified atom stereocenters. The predicted octanol–water partition coefficient (Wildman–Crippen LogP) is 1.51. The van der Waals surface area contributed by atoms with Crippen molar-refractivity contribution in [2.45, 2.75) is 31.3 Å². The van der Waals surface area contributed by atoms with Gasteiger partial charge in [0.05, 0.1) is 18.8 Å². The molecule has 2 fully saturated rings. The van der Waals surface area contributed by atoms with E-state index in [4.69, 9.17) is 9.47 Å². The van der Waals surface area contributed by atoms with Gasteiger partial charge in [-0.25, -0.2) is 0 Å². The SMILES string of the molecule is [CH]1CCC2(CCCOC2)O1. The van der Waals surface area contributed by atoms with Crippen LogP contribution in [-0.4, -0.2) is 18.8 Å². The quantitative estimate of drug-likeness (QED) is 0.509. The molecule has 1 spiro atoms. The summed E-state index contributed by atoms with van der Waals surface area (Å²) in [5, 5.41) is 0. The summed E-state index contributed by atoms with van der Waals surface area (Å²) in [4.78, 5) is 0. The van der Waals surface area contributed by atoms with Gasteiger partial charge in [-0.3, -0.25) is 0 Å². The Morgan fingerprint density at radius 3 is 2.90 bits per heavy atom. The van der Waals surface area contributed by atoms with Crippen LogP contribution in [0, 0.1) is 6.61 Å². The summed E-state index contributed by atoms with van der Waals surface area (Å²) in [5.74, 6) is 0. The first kappa shape index (κ1) is 6.62. The molecule has 0 saturated carbocycles. The molecule has 2 aliphatic rings. The van der Waals surface area contributed by atoms with Crippen molar-refractivity contribution in [1.82, 2.24) is 0 Å². The van der Waals surface area contributed by atoms with Gasteiger partial charge in [0, 0.05) is 6.61 Å². The van der Waals surface area contributed by atoms with E-state index < -0.39 is 0 Å². The molecule has 1 atom stereocenters. The van der Waals surface area contributed by atoms with Crippen molar-refractivity contribution < 1.29 is 9.47 Å². The lowest BCUT2D eigenvalue weighted by atomic mass is 9.94. The second kappa shape index (κ2) is 2.51. The van der Waals surface area contributed by atoms with Crippen molar-refractivity contribution in [1.29, 1.82) is 0 Å². The fourth-order valence-corrected chi connectivity index (χ4v) is 1.73. The van der Waals surface area contributed by atoms with Crippen LogP contribution in [0.15, 0.2) is 0 Å². The van der Waals surface area contributed by atoms with Crippen LogP contribution in [0.4, 0.5) is 0 Å². The zero-order chi connectivity index (χ0) is 6.86. The molecular weight excluding hydrogens is 128 g/mol. The Labute approximate surface area is 61.5 Å². The molecule has 0 aromatic carbocycles. The van der Waals surface area contributed by atoms with E-state index in [0.717, 1.165) is 32.5 Å². The highest BCUT2D eigenvalue weighted by molar-refractivity contribution is 4.90. The molecule has 0 N–H and O–H groups in total. The summed E-state index contributed by atoms with van der Waals surface area (Å²) in [6.07, 6.45) is 4.60. The third-order valence-corrected chi connectivity index (χ3v) is 2.34. The highest BCUT2D eigenvalue weighted by Crippen LogP contribution is 2.34. The monoisotopic (exact) mass is 141 g/mol. The minimum absolute atomic E-state index is 0.0955. The van der Waals surface area contributed by atoms with Crippen molar-refractivity contribution in [3.05, 3.63) is 6.61 Å². The highest BCUT2D eigenvalue weighted by atomic mass is 16.5. The van der Waals surface area contributed by atoms with Gasteiger partial charge in [-0.15, -0.1) is 0 Å². The maximum atomic E-state index is 5.53. The lowest BCUT2D eigenvalue weighted by Crippen LogP contribution is -2.37. The first-order valence-corrected chi connectivity index (χ1v) is 3.99. The average molecular weight is 141 g/mol. The minimum atomic E-state index is 0.0955. The Hall–Kier alpha value is -0.0800. The zero-order valence-corrected chi connectivity index (χ0v) is 6.14. The Balaban J connectivity index is 1.98. The fraction of sp³-hybridized carbons (Fsp3) is 0.875. The first-order chi connectivity index (χ1) is 4.91. The van der Waals surface area contributed by atoms with Gasteiger partial charge in [0.1, 0.15) is 0 Å². The second-order valence-electron chi connectivity index (χ2n) is 3.16. The molecule has 0 aromatic heterocycles. The van der Waals surface area contributed by atoms with Crippen molar-refractivity contribution in [3.8, 4) is 0 Å². The summed E-state index contributed by atoms with van der Waals surface area (Å²) in [5.41, 5.74) is 0.0955. The van der Waals surface area contributed by atoms with Gasteiger partial charge < -0.3 is 9.47 Å². The molecule has 2 heterocycles. The van der Waals surface area contributed by atoms with Crippen molar-refractivity contribution in [2.75, 3.05) is 13.2 Å². The molecule has 2 saturated heterocycles. The van der Waals surface area contributed by atoms with Gasteiger partial charge >= 0.3 is 0 Å². The molecule has 10 heavy (non-hydrogen) atoms. The number of ether oxygens (including phenoxy) is 2. The van der Waals surface area contributed by atoms with E-state index in [1.54, 1.807) is 0 Å².